The van der Waals surface area contributed by atoms with Gasteiger partial charge < -0.3 is 24.0 Å². The highest BCUT2D eigenvalue weighted by molar-refractivity contribution is 5.96. The van der Waals surface area contributed by atoms with Gasteiger partial charge in [-0.25, -0.2) is 4.79 Å². The van der Waals surface area contributed by atoms with Crippen molar-refractivity contribution in [3.8, 4) is 11.5 Å². The number of benzene rings is 2. The summed E-state index contributed by atoms with van der Waals surface area (Å²) in [6.07, 6.45) is 2.61. The van der Waals surface area contributed by atoms with Crippen LogP contribution in [0.2, 0.25) is 0 Å². The zero-order valence-electron chi connectivity index (χ0n) is 25.0. The smallest absolute Gasteiger partial charge is 0.341 e. The minimum atomic E-state index is -1.34. The predicted molar refractivity (Wildman–Crippen MR) is 161 cm³/mol. The average molecular weight is 546 g/mol. The number of hydrogen-bond donors (Lipinski definition) is 0. The Hall–Kier alpha value is -3.74. The largest absolute Gasteiger partial charge is 0.493 e. The van der Waals surface area contributed by atoms with Gasteiger partial charge in [0.2, 0.25) is 5.60 Å². The van der Waals surface area contributed by atoms with Crippen LogP contribution in [0, 0.1) is 0 Å². The molecule has 4 rings (SSSR count). The lowest BCUT2D eigenvalue weighted by atomic mass is 9.81. The summed E-state index contributed by atoms with van der Waals surface area (Å²) in [5, 5.41) is 0. The van der Waals surface area contributed by atoms with Crippen LogP contribution in [0.15, 0.2) is 48.7 Å². The number of aromatic nitrogens is 1. The number of nitrogens with zero attached hydrogens (tertiary/aromatic N) is 3. The van der Waals surface area contributed by atoms with Gasteiger partial charge in [-0.05, 0) is 83.9 Å². The molecule has 1 aliphatic heterocycles. The van der Waals surface area contributed by atoms with Gasteiger partial charge in [0, 0.05) is 67.0 Å². The molecule has 0 unspecified atom stereocenters. The molecule has 0 radical (unpaired) electrons. The van der Waals surface area contributed by atoms with Crippen molar-refractivity contribution in [1.29, 1.82) is 0 Å². The number of hydrogen-bond acceptors (Lipinski definition) is 7. The first-order valence-electron chi connectivity index (χ1n) is 14.7. The maximum atomic E-state index is 13.6. The van der Waals surface area contributed by atoms with E-state index in [-0.39, 0.29) is 0 Å². The van der Waals surface area contributed by atoms with E-state index in [9.17, 15) is 4.79 Å². The fourth-order valence-electron chi connectivity index (χ4n) is 5.61. The highest BCUT2D eigenvalue weighted by atomic mass is 16.6. The van der Waals surface area contributed by atoms with Crippen molar-refractivity contribution in [3.05, 3.63) is 76.6 Å². The van der Waals surface area contributed by atoms with Crippen molar-refractivity contribution in [2.24, 2.45) is 0 Å². The lowest BCUT2D eigenvalue weighted by molar-refractivity contribution is 0.0228. The van der Waals surface area contributed by atoms with Crippen molar-refractivity contribution in [3.63, 3.8) is 0 Å². The van der Waals surface area contributed by atoms with Crippen LogP contribution in [0.3, 0.4) is 0 Å². The van der Waals surface area contributed by atoms with Crippen LogP contribution < -0.4 is 19.3 Å². The molecule has 7 heteroatoms. The van der Waals surface area contributed by atoms with Gasteiger partial charge in [-0.15, -0.1) is 0 Å². The molecule has 0 atom stereocenters. The fraction of sp³-hybridized carbons (Fsp3) is 0.455. The van der Waals surface area contributed by atoms with Crippen molar-refractivity contribution in [2.45, 2.75) is 60.5 Å². The molecule has 1 aromatic heterocycles. The maximum Gasteiger partial charge on any atom is 0.341 e. The summed E-state index contributed by atoms with van der Waals surface area (Å²) in [6, 6.07) is 14.2. The lowest BCUT2D eigenvalue weighted by Gasteiger charge is -2.33. The molecule has 1 aliphatic rings. The van der Waals surface area contributed by atoms with Crippen LogP contribution in [0.4, 0.5) is 11.4 Å². The molecule has 0 saturated heterocycles. The third-order valence-corrected chi connectivity index (χ3v) is 7.70. The summed E-state index contributed by atoms with van der Waals surface area (Å²) in [6.45, 7) is 18.9. The van der Waals surface area contributed by atoms with E-state index in [1.54, 1.807) is 0 Å². The van der Waals surface area contributed by atoms with Crippen LogP contribution in [-0.2, 0) is 16.8 Å². The van der Waals surface area contributed by atoms with E-state index in [0.29, 0.717) is 36.0 Å². The van der Waals surface area contributed by atoms with Crippen LogP contribution in [0.5, 0.6) is 11.5 Å². The molecule has 7 nitrogen and oxygen atoms in total. The highest BCUT2D eigenvalue weighted by Gasteiger charge is 2.53. The van der Waals surface area contributed by atoms with Crippen molar-refractivity contribution in [1.82, 2.24) is 4.98 Å². The summed E-state index contributed by atoms with van der Waals surface area (Å²) < 4.78 is 19.0. The molecule has 2 aromatic carbocycles. The van der Waals surface area contributed by atoms with Crippen LogP contribution >= 0.6 is 0 Å². The lowest BCUT2D eigenvalue weighted by Crippen LogP contribution is -2.32. The molecule has 3 aromatic rings. The number of anilines is 2. The number of carbonyl (C=O) groups excluding carboxylic acids is 1. The number of ether oxygens (including phenoxy) is 3. The second-order valence-electron chi connectivity index (χ2n) is 9.74. The number of rotatable bonds is 13. The van der Waals surface area contributed by atoms with Crippen molar-refractivity contribution in [2.75, 3.05) is 49.2 Å². The van der Waals surface area contributed by atoms with E-state index in [1.165, 1.54) is 0 Å². The Bertz CT molecular complexity index is 1270. The molecule has 2 heterocycles. The van der Waals surface area contributed by atoms with Gasteiger partial charge in [0.05, 0.1) is 18.8 Å². The zero-order valence-corrected chi connectivity index (χ0v) is 25.0. The van der Waals surface area contributed by atoms with E-state index < -0.39 is 11.6 Å². The first kappa shape index (κ1) is 29.2. The Balaban J connectivity index is 2.07. The third kappa shape index (κ3) is 5.09. The molecule has 214 valence electrons. The van der Waals surface area contributed by atoms with E-state index >= 15 is 0 Å². The minimum absolute atomic E-state index is 0.400. The zero-order chi connectivity index (χ0) is 28.9. The van der Waals surface area contributed by atoms with Gasteiger partial charge in [0.15, 0.2) is 0 Å². The molecule has 0 amide bonds. The molecule has 0 saturated carbocycles. The molecule has 0 aliphatic carbocycles. The molecule has 40 heavy (non-hydrogen) atoms. The molecule has 0 bridgehead atoms. The average Bonchev–Trinajstić information content (AvgIpc) is 3.27. The van der Waals surface area contributed by atoms with Gasteiger partial charge in [0.25, 0.3) is 0 Å². The van der Waals surface area contributed by atoms with Gasteiger partial charge in [-0.2, -0.15) is 0 Å². The Labute approximate surface area is 239 Å². The summed E-state index contributed by atoms with van der Waals surface area (Å²) in [4.78, 5) is 23.0. The summed E-state index contributed by atoms with van der Waals surface area (Å²) in [5.41, 5.74) is 4.23. The topological polar surface area (TPSA) is 64.1 Å². The normalized spacial score (nSPS) is 13.5. The second-order valence-corrected chi connectivity index (χ2v) is 9.74. The van der Waals surface area contributed by atoms with E-state index in [0.717, 1.165) is 60.7 Å². The Morgan fingerprint density at radius 3 is 1.68 bits per heavy atom. The Morgan fingerprint density at radius 2 is 1.25 bits per heavy atom. The third-order valence-electron chi connectivity index (χ3n) is 7.70. The van der Waals surface area contributed by atoms with Crippen molar-refractivity contribution >= 4 is 17.3 Å². The fourth-order valence-corrected chi connectivity index (χ4v) is 5.61. The molecule has 0 N–H and O–H groups in total. The minimum Gasteiger partial charge on any atom is -0.493 e. The first-order valence-corrected chi connectivity index (χ1v) is 14.7. The molecular formula is C33H43N3O4. The summed E-state index contributed by atoms with van der Waals surface area (Å²) in [5.74, 6) is 0.914. The SMILES string of the molecule is CCOc1cc(N(CC)CC)ccc1C1(c2ccc(N(CC)CC)cc2OCC)OC(=O)c2cc(CC)cnc21. The standard InChI is InChI=1S/C33H43N3O4/c1-8-23-19-26-31(34-22-23)33(40-32(26)37,27-17-15-24(35(9-2)10-3)20-29(27)38-13-6)28-18-16-25(36(11-4)12-5)21-30(28)39-14-7/h15-22H,8-14H2,1-7H3. The summed E-state index contributed by atoms with van der Waals surface area (Å²) >= 11 is 0. The quantitative estimate of drug-likeness (QED) is 0.224. The predicted octanol–water partition coefficient (Wildman–Crippen LogP) is 6.60. The van der Waals surface area contributed by atoms with Crippen molar-refractivity contribution < 1.29 is 19.0 Å². The molecule has 0 spiro atoms. The van der Waals surface area contributed by atoms with Gasteiger partial charge in [-0.1, -0.05) is 6.92 Å². The highest BCUT2D eigenvalue weighted by Crippen LogP contribution is 2.52. The molecule has 0 fully saturated rings. The number of aryl methyl sites for hydroxylation is 1. The Morgan fingerprint density at radius 1 is 0.750 bits per heavy atom. The second kappa shape index (κ2) is 12.6. The Kier molecular flexibility index (Phi) is 9.23. The monoisotopic (exact) mass is 545 g/mol. The van der Waals surface area contributed by atoms with E-state index in [2.05, 4.69) is 56.6 Å². The molecular weight excluding hydrogens is 502 g/mol. The van der Waals surface area contributed by atoms with E-state index in [4.69, 9.17) is 19.2 Å². The number of carbonyl (C=O) groups is 1. The van der Waals surface area contributed by atoms with Crippen LogP contribution in [-0.4, -0.2) is 50.3 Å². The number of cyclic esters (lactones) is 1. The van der Waals surface area contributed by atoms with Gasteiger partial charge in [0.1, 0.15) is 17.2 Å². The van der Waals surface area contributed by atoms with Crippen LogP contribution in [0.1, 0.15) is 81.2 Å². The van der Waals surface area contributed by atoms with Crippen LogP contribution in [0.25, 0.3) is 0 Å². The first-order chi connectivity index (χ1) is 19.4. The maximum absolute atomic E-state index is 13.6. The number of pyridine rings is 1. The number of fused-ring (bicyclic) bond motifs is 1. The van der Waals surface area contributed by atoms with Gasteiger partial charge in [-0.3, -0.25) is 4.98 Å². The summed E-state index contributed by atoms with van der Waals surface area (Å²) in [7, 11) is 0. The van der Waals surface area contributed by atoms with Gasteiger partial charge >= 0.3 is 5.97 Å². The van der Waals surface area contributed by atoms with E-state index in [1.807, 2.05) is 50.4 Å². The number of esters is 1.